The highest BCUT2D eigenvalue weighted by atomic mass is 35.5. The predicted octanol–water partition coefficient (Wildman–Crippen LogP) is 8.51. The van der Waals surface area contributed by atoms with Crippen LogP contribution in [0.4, 0.5) is 17.1 Å². The molecule has 2 nitrogen and oxygen atoms in total. The summed E-state index contributed by atoms with van der Waals surface area (Å²) in [5, 5.41) is 5.96. The van der Waals surface area contributed by atoms with Gasteiger partial charge in [-0.25, -0.2) is 0 Å². The molecule has 4 heteroatoms. The Kier molecular flexibility index (Phi) is 4.69. The van der Waals surface area contributed by atoms with Gasteiger partial charge in [0, 0.05) is 38.9 Å². The van der Waals surface area contributed by atoms with Gasteiger partial charge in [-0.2, -0.15) is 0 Å². The fraction of sp³-hybridized carbons (Fsp3) is 0.0625. The lowest BCUT2D eigenvalue weighted by Gasteiger charge is -2.27. The van der Waals surface area contributed by atoms with Crippen LogP contribution in [0.25, 0.3) is 33.1 Å². The molecule has 36 heavy (non-hydrogen) atoms. The summed E-state index contributed by atoms with van der Waals surface area (Å²) < 4.78 is 6.24. The molecule has 0 amide bonds. The molecule has 2 heterocycles. The molecule has 0 saturated heterocycles. The highest BCUT2D eigenvalue weighted by Crippen LogP contribution is 2.40. The molecular weight excluding hydrogens is 478 g/mol. The third-order valence-electron chi connectivity index (χ3n) is 7.51. The van der Waals surface area contributed by atoms with Gasteiger partial charge in [0.15, 0.2) is 0 Å². The largest absolute Gasteiger partial charge is 0.456 e. The van der Waals surface area contributed by atoms with Gasteiger partial charge in [-0.05, 0) is 76.1 Å². The Bertz CT molecular complexity index is 1790. The van der Waals surface area contributed by atoms with E-state index in [1.165, 1.54) is 21.5 Å². The summed E-state index contributed by atoms with van der Waals surface area (Å²) in [6.45, 7) is 4.84. The summed E-state index contributed by atoms with van der Waals surface area (Å²) in [5.41, 5.74) is 7.81. The number of para-hydroxylation sites is 2. The molecular formula is C32H24ClNOSi. The van der Waals surface area contributed by atoms with E-state index in [0.29, 0.717) is 0 Å². The summed E-state index contributed by atoms with van der Waals surface area (Å²) in [7, 11) is -1.89. The maximum Gasteiger partial charge on any atom is 0.137 e. The molecule has 7 rings (SSSR count). The zero-order chi connectivity index (χ0) is 24.4. The lowest BCUT2D eigenvalue weighted by molar-refractivity contribution is 0.669. The first-order chi connectivity index (χ1) is 17.5. The van der Waals surface area contributed by atoms with Gasteiger partial charge in [-0.3, -0.25) is 0 Å². The van der Waals surface area contributed by atoms with Gasteiger partial charge in [0.05, 0.1) is 0 Å². The maximum absolute atomic E-state index is 6.42. The lowest BCUT2D eigenvalue weighted by atomic mass is 10.0. The van der Waals surface area contributed by atoms with E-state index in [0.717, 1.165) is 44.0 Å². The van der Waals surface area contributed by atoms with E-state index in [2.05, 4.69) is 109 Å². The van der Waals surface area contributed by atoms with Crippen LogP contribution in [0.15, 0.2) is 114 Å². The molecule has 0 bridgehead atoms. The number of rotatable bonds is 3. The molecule has 0 N–H and O–H groups in total. The minimum atomic E-state index is -1.89. The van der Waals surface area contributed by atoms with Crippen molar-refractivity contribution in [1.82, 2.24) is 0 Å². The number of halogens is 1. The summed E-state index contributed by atoms with van der Waals surface area (Å²) in [4.78, 5) is 2.33. The zero-order valence-electron chi connectivity index (χ0n) is 20.1. The number of fused-ring (bicyclic) bond motifs is 6. The van der Waals surface area contributed by atoms with Crippen molar-refractivity contribution in [3.05, 3.63) is 114 Å². The molecule has 1 aliphatic rings. The zero-order valence-corrected chi connectivity index (χ0v) is 21.9. The van der Waals surface area contributed by atoms with E-state index in [9.17, 15) is 0 Å². The molecule has 0 spiro atoms. The third-order valence-corrected chi connectivity index (χ3v) is 11.3. The average Bonchev–Trinajstić information content (AvgIpc) is 3.37. The van der Waals surface area contributed by atoms with E-state index < -0.39 is 8.07 Å². The van der Waals surface area contributed by atoms with Crippen molar-refractivity contribution in [2.24, 2.45) is 0 Å². The van der Waals surface area contributed by atoms with Crippen molar-refractivity contribution in [1.29, 1.82) is 0 Å². The first-order valence-corrected chi connectivity index (χ1v) is 15.6. The Labute approximate surface area is 216 Å². The van der Waals surface area contributed by atoms with Crippen molar-refractivity contribution in [3.8, 4) is 11.1 Å². The summed E-state index contributed by atoms with van der Waals surface area (Å²) in [5.74, 6) is 0. The first-order valence-electron chi connectivity index (χ1n) is 12.2. The van der Waals surface area contributed by atoms with Crippen LogP contribution in [0.3, 0.4) is 0 Å². The molecule has 0 fully saturated rings. The minimum absolute atomic E-state index is 0.812. The Hall–Kier alpha value is -3.79. The fourth-order valence-corrected chi connectivity index (χ4v) is 9.08. The van der Waals surface area contributed by atoms with Gasteiger partial charge in [-0.1, -0.05) is 73.2 Å². The van der Waals surface area contributed by atoms with E-state index in [4.69, 9.17) is 16.0 Å². The normalized spacial score (nSPS) is 13.6. The van der Waals surface area contributed by atoms with Gasteiger partial charge < -0.3 is 9.32 Å². The number of hydrogen-bond donors (Lipinski definition) is 0. The van der Waals surface area contributed by atoms with E-state index in [1.807, 2.05) is 18.2 Å². The minimum Gasteiger partial charge on any atom is -0.456 e. The Morgan fingerprint density at radius 2 is 1.22 bits per heavy atom. The molecule has 1 aliphatic heterocycles. The van der Waals surface area contributed by atoms with Crippen molar-refractivity contribution >= 4 is 69.0 Å². The van der Waals surface area contributed by atoms with Crippen molar-refractivity contribution < 1.29 is 4.42 Å². The van der Waals surface area contributed by atoms with Crippen LogP contribution < -0.4 is 15.3 Å². The third kappa shape index (κ3) is 3.17. The van der Waals surface area contributed by atoms with Crippen molar-refractivity contribution in [3.63, 3.8) is 0 Å². The number of nitrogens with zero attached hydrogens (tertiary/aromatic N) is 1. The van der Waals surface area contributed by atoms with Crippen LogP contribution >= 0.6 is 11.6 Å². The predicted molar refractivity (Wildman–Crippen MR) is 156 cm³/mol. The van der Waals surface area contributed by atoms with Gasteiger partial charge in [0.25, 0.3) is 0 Å². The molecule has 0 radical (unpaired) electrons. The van der Waals surface area contributed by atoms with Crippen LogP contribution in [0.1, 0.15) is 0 Å². The Balaban J connectivity index is 1.42. The van der Waals surface area contributed by atoms with Gasteiger partial charge in [0.1, 0.15) is 19.2 Å². The van der Waals surface area contributed by atoms with E-state index in [-0.39, 0.29) is 0 Å². The van der Waals surface area contributed by atoms with Crippen LogP contribution in [0.2, 0.25) is 18.1 Å². The fourth-order valence-electron chi connectivity index (χ4n) is 5.71. The van der Waals surface area contributed by atoms with Crippen LogP contribution in [-0.2, 0) is 0 Å². The number of benzene rings is 5. The summed E-state index contributed by atoms with van der Waals surface area (Å²) >= 11 is 6.42. The smallest absolute Gasteiger partial charge is 0.137 e. The SMILES string of the molecule is C[Si]1(C)c2cc(Cl)ccc2-c2ccc(N(c3ccccc3)c3ccc4c(c3)oc3ccccc34)cc21. The van der Waals surface area contributed by atoms with Gasteiger partial charge in [-0.15, -0.1) is 0 Å². The standard InChI is InChI=1S/C32H24ClNOSi/c1-36(2)31-18-21(33)12-15-27(31)28-17-14-24(20-32(28)36)34(22-8-4-3-5-9-22)23-13-16-26-25-10-6-7-11-29(25)35-30(26)19-23/h3-20H,1-2H3. The number of furan rings is 1. The first kappa shape index (κ1) is 21.5. The molecule has 5 aromatic carbocycles. The van der Waals surface area contributed by atoms with E-state index in [1.54, 1.807) is 0 Å². The highest BCUT2D eigenvalue weighted by molar-refractivity contribution is 7.04. The molecule has 0 saturated carbocycles. The van der Waals surface area contributed by atoms with Crippen molar-refractivity contribution in [2.75, 3.05) is 4.90 Å². The van der Waals surface area contributed by atoms with Crippen molar-refractivity contribution in [2.45, 2.75) is 13.1 Å². The van der Waals surface area contributed by atoms with Gasteiger partial charge >= 0.3 is 0 Å². The topological polar surface area (TPSA) is 16.4 Å². The molecule has 1 aromatic heterocycles. The highest BCUT2D eigenvalue weighted by Gasteiger charge is 2.38. The second kappa shape index (κ2) is 7.86. The summed E-state index contributed by atoms with van der Waals surface area (Å²) in [6.07, 6.45) is 0. The molecule has 6 aromatic rings. The second-order valence-electron chi connectivity index (χ2n) is 9.99. The quantitative estimate of drug-likeness (QED) is 0.226. The average molecular weight is 502 g/mol. The van der Waals surface area contributed by atoms with Crippen LogP contribution in [0, 0.1) is 0 Å². The maximum atomic E-state index is 6.42. The molecule has 0 unspecified atom stereocenters. The Morgan fingerprint density at radius 1 is 0.583 bits per heavy atom. The molecule has 174 valence electrons. The number of anilines is 3. The molecule has 0 atom stereocenters. The summed E-state index contributed by atoms with van der Waals surface area (Å²) in [6, 6.07) is 38.6. The second-order valence-corrected chi connectivity index (χ2v) is 14.8. The van der Waals surface area contributed by atoms with Crippen LogP contribution in [-0.4, -0.2) is 8.07 Å². The Morgan fingerprint density at radius 3 is 2.06 bits per heavy atom. The molecule has 0 aliphatic carbocycles. The van der Waals surface area contributed by atoms with E-state index >= 15 is 0 Å². The number of hydrogen-bond acceptors (Lipinski definition) is 2. The lowest BCUT2D eigenvalue weighted by Crippen LogP contribution is -2.49. The van der Waals surface area contributed by atoms with Gasteiger partial charge in [0.2, 0.25) is 0 Å². The van der Waals surface area contributed by atoms with Crippen LogP contribution in [0.5, 0.6) is 0 Å². The monoisotopic (exact) mass is 501 g/mol.